The fourth-order valence-electron chi connectivity index (χ4n) is 3.27. The molecule has 128 valence electrons. The Morgan fingerprint density at radius 3 is 2.41 bits per heavy atom. The molecule has 0 radical (unpaired) electrons. The first-order valence-electron chi connectivity index (χ1n) is 10.9. The molecule has 3 heteroatoms. The topological polar surface area (TPSA) is 25.8 Å². The van der Waals surface area contributed by atoms with E-state index in [9.17, 15) is 0 Å². The van der Waals surface area contributed by atoms with Crippen LogP contribution in [0.4, 0.5) is 0 Å². The van der Waals surface area contributed by atoms with Crippen LogP contribution in [0.1, 0.15) is 6.85 Å². The highest BCUT2D eigenvalue weighted by molar-refractivity contribution is 6.29. The summed E-state index contributed by atoms with van der Waals surface area (Å²) in [7, 11) is 0. The van der Waals surface area contributed by atoms with E-state index < -0.39 is 6.04 Å². The van der Waals surface area contributed by atoms with Gasteiger partial charge in [0, 0.05) is 16.3 Å². The number of aromatic nitrogens is 2. The zero-order valence-corrected chi connectivity index (χ0v) is 14.8. The molecule has 0 N–H and O–H groups in total. The number of hydrogen-bond acceptors (Lipinski definition) is 2. The number of nitrogens with zero attached hydrogens (tertiary/aromatic N) is 2. The molecular weight excluding hydrogens is 352 g/mol. The molecule has 1 heterocycles. The zero-order valence-electron chi connectivity index (χ0n) is 19.0. The molecule has 5 aromatic rings. The average Bonchev–Trinajstić information content (AvgIpc) is 2.81. The van der Waals surface area contributed by atoms with Crippen molar-refractivity contribution in [2.75, 3.05) is 0 Å². The zero-order chi connectivity index (χ0) is 22.6. The van der Waals surface area contributed by atoms with Gasteiger partial charge in [0.1, 0.15) is 0 Å². The minimum atomic E-state index is -0.416. The van der Waals surface area contributed by atoms with Crippen LogP contribution in [0.2, 0.25) is 5.28 Å². The van der Waals surface area contributed by atoms with E-state index in [0.29, 0.717) is 16.8 Å². The summed E-state index contributed by atoms with van der Waals surface area (Å²) < 4.78 is 40.3. The van der Waals surface area contributed by atoms with Crippen LogP contribution in [0.5, 0.6) is 0 Å². The molecule has 0 aliphatic carbocycles. The van der Waals surface area contributed by atoms with Crippen molar-refractivity contribution in [3.05, 3.63) is 96.2 Å². The Bertz CT molecular complexity index is 1520. The maximum absolute atomic E-state index is 8.28. The highest BCUT2D eigenvalue weighted by atomic mass is 35.5. The number of fused-ring (bicyclic) bond motifs is 3. The third-order valence-electron chi connectivity index (χ3n) is 4.49. The van der Waals surface area contributed by atoms with Crippen molar-refractivity contribution >= 4 is 33.3 Å². The van der Waals surface area contributed by atoms with Gasteiger partial charge in [0.25, 0.3) is 0 Å². The van der Waals surface area contributed by atoms with Gasteiger partial charge in [-0.15, -0.1) is 0 Å². The molecule has 0 unspecified atom stereocenters. The van der Waals surface area contributed by atoms with Crippen molar-refractivity contribution in [2.45, 2.75) is 0 Å². The lowest BCUT2D eigenvalue weighted by Crippen LogP contribution is -1.93. The highest BCUT2D eigenvalue weighted by Crippen LogP contribution is 2.33. The van der Waals surface area contributed by atoms with Crippen molar-refractivity contribution in [3.8, 4) is 22.4 Å². The van der Waals surface area contributed by atoms with Crippen LogP contribution in [0, 0.1) is 0 Å². The van der Waals surface area contributed by atoms with Crippen molar-refractivity contribution in [2.24, 2.45) is 0 Å². The molecule has 0 saturated heterocycles. The maximum Gasteiger partial charge on any atom is 0.223 e. The van der Waals surface area contributed by atoms with Gasteiger partial charge in [-0.25, -0.2) is 9.97 Å². The van der Waals surface area contributed by atoms with Crippen molar-refractivity contribution in [3.63, 3.8) is 0 Å². The van der Waals surface area contributed by atoms with E-state index in [-0.39, 0.29) is 35.0 Å². The summed E-state index contributed by atoms with van der Waals surface area (Å²) in [6, 6.07) is 17.3. The lowest BCUT2D eigenvalue weighted by Gasteiger charge is -2.10. The van der Waals surface area contributed by atoms with E-state index in [1.54, 1.807) is 18.2 Å². The van der Waals surface area contributed by atoms with Gasteiger partial charge < -0.3 is 0 Å². The van der Waals surface area contributed by atoms with E-state index in [2.05, 4.69) is 9.97 Å². The number of hydrogen-bond donors (Lipinski definition) is 0. The molecule has 5 rings (SSSR count). The largest absolute Gasteiger partial charge is 0.223 e. The SMILES string of the molecule is [2H]c1c([2H])c([2H])c(-c2cccc(-c3nc(Cl)nc4c3ccc3ccccc34)c2)c([2H])c1[2H]. The van der Waals surface area contributed by atoms with Gasteiger partial charge in [0.05, 0.1) is 18.1 Å². The predicted octanol–water partition coefficient (Wildman–Crippen LogP) is 6.77. The third-order valence-corrected chi connectivity index (χ3v) is 4.66. The van der Waals surface area contributed by atoms with Crippen molar-refractivity contribution in [1.82, 2.24) is 9.97 Å². The molecule has 0 aliphatic rings. The van der Waals surface area contributed by atoms with Crippen LogP contribution in [0.25, 0.3) is 44.1 Å². The van der Waals surface area contributed by atoms with Crippen LogP contribution in [0.3, 0.4) is 0 Å². The number of halogens is 1. The summed E-state index contributed by atoms with van der Waals surface area (Å²) in [6.45, 7) is 0. The van der Waals surface area contributed by atoms with Gasteiger partial charge in [0.2, 0.25) is 5.28 Å². The molecule has 0 spiro atoms. The lowest BCUT2D eigenvalue weighted by molar-refractivity contribution is 1.23. The Morgan fingerprint density at radius 1 is 0.704 bits per heavy atom. The van der Waals surface area contributed by atoms with E-state index in [4.69, 9.17) is 18.5 Å². The van der Waals surface area contributed by atoms with E-state index in [0.717, 1.165) is 21.7 Å². The summed E-state index contributed by atoms with van der Waals surface area (Å²) in [5.74, 6) is 0. The summed E-state index contributed by atoms with van der Waals surface area (Å²) in [6.07, 6.45) is 0. The molecule has 1 aromatic heterocycles. The van der Waals surface area contributed by atoms with Gasteiger partial charge in [-0.3, -0.25) is 0 Å². The first-order valence-corrected chi connectivity index (χ1v) is 8.77. The standard InChI is InChI=1S/C24H15ClN2/c25-24-26-22(19-11-6-10-18(15-19)16-7-2-1-3-8-16)21-14-13-17-9-4-5-12-20(17)23(21)27-24/h1-15H/i1D,2D,3D,7D,8D. The molecule has 0 fully saturated rings. The summed E-state index contributed by atoms with van der Waals surface area (Å²) in [5, 5.41) is 2.91. The molecule has 0 aliphatic heterocycles. The van der Waals surface area contributed by atoms with Gasteiger partial charge in [0.15, 0.2) is 0 Å². The second kappa shape index (κ2) is 6.49. The predicted molar refractivity (Wildman–Crippen MR) is 113 cm³/mol. The minimum absolute atomic E-state index is 0.108. The monoisotopic (exact) mass is 371 g/mol. The van der Waals surface area contributed by atoms with E-state index in [1.165, 1.54) is 0 Å². The Morgan fingerprint density at radius 2 is 1.52 bits per heavy atom. The maximum atomic E-state index is 8.28. The van der Waals surface area contributed by atoms with E-state index >= 15 is 0 Å². The third kappa shape index (κ3) is 2.84. The van der Waals surface area contributed by atoms with Crippen LogP contribution >= 0.6 is 11.6 Å². The van der Waals surface area contributed by atoms with Gasteiger partial charge in [-0.1, -0.05) is 78.7 Å². The molecule has 4 aromatic carbocycles. The van der Waals surface area contributed by atoms with Crippen LogP contribution in [0.15, 0.2) is 90.9 Å². The average molecular weight is 372 g/mol. The fraction of sp³-hybridized carbons (Fsp3) is 0. The molecule has 0 amide bonds. The second-order valence-electron chi connectivity index (χ2n) is 6.10. The van der Waals surface area contributed by atoms with Gasteiger partial charge >= 0.3 is 0 Å². The Labute approximate surface area is 169 Å². The molecular formula is C24H15ClN2. The highest BCUT2D eigenvalue weighted by Gasteiger charge is 2.12. The molecule has 0 bridgehead atoms. The van der Waals surface area contributed by atoms with Gasteiger partial charge in [-0.05, 0) is 40.2 Å². The van der Waals surface area contributed by atoms with Gasteiger partial charge in [-0.2, -0.15) is 0 Å². The quantitative estimate of drug-likeness (QED) is 0.253. The number of benzene rings is 4. The second-order valence-corrected chi connectivity index (χ2v) is 6.44. The van der Waals surface area contributed by atoms with E-state index in [1.807, 2.05) is 42.5 Å². The van der Waals surface area contributed by atoms with Crippen molar-refractivity contribution in [1.29, 1.82) is 0 Å². The number of rotatable bonds is 2. The summed E-state index contributed by atoms with van der Waals surface area (Å²) >= 11 is 6.29. The first-order chi connectivity index (χ1) is 15.4. The molecule has 2 nitrogen and oxygen atoms in total. The summed E-state index contributed by atoms with van der Waals surface area (Å²) in [5.41, 5.74) is 2.70. The van der Waals surface area contributed by atoms with Crippen molar-refractivity contribution < 1.29 is 6.85 Å². The van der Waals surface area contributed by atoms with Crippen LogP contribution < -0.4 is 0 Å². The first kappa shape index (κ1) is 11.5. The Balaban J connectivity index is 1.78. The fourth-order valence-corrected chi connectivity index (χ4v) is 3.44. The van der Waals surface area contributed by atoms with Crippen LogP contribution in [-0.2, 0) is 0 Å². The normalized spacial score (nSPS) is 13.7. The summed E-state index contributed by atoms with van der Waals surface area (Å²) in [4.78, 5) is 8.92. The Kier molecular flexibility index (Phi) is 2.76. The molecule has 0 saturated carbocycles. The smallest absolute Gasteiger partial charge is 0.217 e. The Hall–Kier alpha value is -3.23. The molecule has 27 heavy (non-hydrogen) atoms. The molecule has 0 atom stereocenters. The van der Waals surface area contributed by atoms with Crippen LogP contribution in [-0.4, -0.2) is 9.97 Å². The lowest BCUT2D eigenvalue weighted by atomic mass is 9.98. The minimum Gasteiger partial charge on any atom is -0.217 e.